The number of nitrogens with zero attached hydrogens (tertiary/aromatic N) is 3. The van der Waals surface area contributed by atoms with Gasteiger partial charge in [0.05, 0.1) is 35.4 Å². The van der Waals surface area contributed by atoms with Gasteiger partial charge < -0.3 is 14.2 Å². The fraction of sp³-hybridized carbons (Fsp3) is 0.150. The van der Waals surface area contributed by atoms with E-state index in [0.717, 1.165) is 11.3 Å². The Labute approximate surface area is 180 Å². The van der Waals surface area contributed by atoms with E-state index in [0.29, 0.717) is 29.0 Å². The van der Waals surface area contributed by atoms with Crippen LogP contribution in [0.5, 0.6) is 0 Å². The lowest BCUT2D eigenvalue weighted by molar-refractivity contribution is -0.113. The maximum absolute atomic E-state index is 13.3. The van der Waals surface area contributed by atoms with Crippen LogP contribution in [-0.4, -0.2) is 26.4 Å². The van der Waals surface area contributed by atoms with Crippen molar-refractivity contribution in [3.8, 4) is 11.4 Å². The number of furan rings is 2. The first kappa shape index (κ1) is 20.2. The second-order valence-electron chi connectivity index (χ2n) is 6.33. The fourth-order valence-corrected chi connectivity index (χ4v) is 3.73. The van der Waals surface area contributed by atoms with E-state index < -0.39 is 5.82 Å². The fourth-order valence-electron chi connectivity index (χ4n) is 2.81. The van der Waals surface area contributed by atoms with E-state index in [4.69, 9.17) is 20.4 Å². The molecule has 0 saturated carbocycles. The van der Waals surface area contributed by atoms with Crippen LogP contribution in [0.2, 0.25) is 5.02 Å². The standard InChI is InChI=1S/C20H16ClFN4O3S/c1-12-15(6-8-28-12)19-24-25-20(26(19)10-14-3-2-7-29-14)30-11-18(27)23-13-4-5-17(22)16(21)9-13/h2-9H,10-11H2,1H3,(H,23,27). The number of hydrogen-bond donors (Lipinski definition) is 1. The van der Waals surface area contributed by atoms with Crippen LogP contribution in [0.15, 0.2) is 62.9 Å². The number of carbonyl (C=O) groups is 1. The second kappa shape index (κ2) is 8.76. The molecule has 0 radical (unpaired) electrons. The predicted octanol–water partition coefficient (Wildman–Crippen LogP) is 5.01. The zero-order valence-electron chi connectivity index (χ0n) is 15.8. The number of nitrogens with one attached hydrogen (secondary N) is 1. The van der Waals surface area contributed by atoms with Gasteiger partial charge in [-0.05, 0) is 43.3 Å². The number of benzene rings is 1. The number of carbonyl (C=O) groups excluding carboxylic acids is 1. The monoisotopic (exact) mass is 446 g/mol. The number of hydrogen-bond acceptors (Lipinski definition) is 6. The van der Waals surface area contributed by atoms with E-state index in [1.165, 1.54) is 30.0 Å². The molecule has 0 atom stereocenters. The van der Waals surface area contributed by atoms with Crippen LogP contribution >= 0.6 is 23.4 Å². The molecule has 154 valence electrons. The van der Waals surface area contributed by atoms with Gasteiger partial charge in [0.15, 0.2) is 11.0 Å². The molecule has 7 nitrogen and oxygen atoms in total. The summed E-state index contributed by atoms with van der Waals surface area (Å²) >= 11 is 6.98. The summed E-state index contributed by atoms with van der Waals surface area (Å²) in [7, 11) is 0. The Kier molecular flexibility index (Phi) is 5.91. The van der Waals surface area contributed by atoms with Crippen LogP contribution < -0.4 is 5.32 Å². The van der Waals surface area contributed by atoms with Gasteiger partial charge in [0.25, 0.3) is 0 Å². The van der Waals surface area contributed by atoms with Crippen LogP contribution in [0.1, 0.15) is 11.5 Å². The lowest BCUT2D eigenvalue weighted by Gasteiger charge is -2.09. The average molecular weight is 447 g/mol. The number of aryl methyl sites for hydroxylation is 1. The third-order valence-electron chi connectivity index (χ3n) is 4.25. The SMILES string of the molecule is Cc1occc1-c1nnc(SCC(=O)Nc2ccc(F)c(Cl)c2)n1Cc1ccco1. The first-order chi connectivity index (χ1) is 14.5. The molecule has 1 N–H and O–H groups in total. The van der Waals surface area contributed by atoms with Crippen molar-refractivity contribution >= 4 is 35.0 Å². The summed E-state index contributed by atoms with van der Waals surface area (Å²) < 4.78 is 26.0. The molecule has 0 spiro atoms. The number of anilines is 1. The number of halogens is 2. The first-order valence-electron chi connectivity index (χ1n) is 8.89. The molecule has 3 aromatic heterocycles. The summed E-state index contributed by atoms with van der Waals surface area (Å²) in [6.45, 7) is 2.24. The molecule has 0 fully saturated rings. The van der Waals surface area contributed by atoms with E-state index in [9.17, 15) is 9.18 Å². The molecule has 1 aromatic carbocycles. The summed E-state index contributed by atoms with van der Waals surface area (Å²) in [4.78, 5) is 12.3. The van der Waals surface area contributed by atoms with Crippen molar-refractivity contribution < 1.29 is 18.0 Å². The van der Waals surface area contributed by atoms with E-state index in [-0.39, 0.29) is 16.7 Å². The van der Waals surface area contributed by atoms with Crippen molar-refractivity contribution in [1.29, 1.82) is 0 Å². The van der Waals surface area contributed by atoms with Crippen LogP contribution in [0.25, 0.3) is 11.4 Å². The highest BCUT2D eigenvalue weighted by Crippen LogP contribution is 2.28. The highest BCUT2D eigenvalue weighted by molar-refractivity contribution is 7.99. The minimum Gasteiger partial charge on any atom is -0.469 e. The van der Waals surface area contributed by atoms with Crippen molar-refractivity contribution in [3.05, 3.63) is 71.3 Å². The number of thioether (sulfide) groups is 1. The van der Waals surface area contributed by atoms with E-state index in [1.807, 2.05) is 23.6 Å². The smallest absolute Gasteiger partial charge is 0.234 e. The summed E-state index contributed by atoms with van der Waals surface area (Å²) in [5.74, 6) is 1.31. The molecule has 30 heavy (non-hydrogen) atoms. The molecule has 1 amide bonds. The Morgan fingerprint density at radius 1 is 1.23 bits per heavy atom. The summed E-state index contributed by atoms with van der Waals surface area (Å²) in [6, 6.07) is 9.48. The van der Waals surface area contributed by atoms with Gasteiger partial charge in [0, 0.05) is 5.69 Å². The highest BCUT2D eigenvalue weighted by Gasteiger charge is 2.19. The Morgan fingerprint density at radius 3 is 2.80 bits per heavy atom. The molecule has 4 aromatic rings. The molecule has 0 aliphatic carbocycles. The molecule has 3 heterocycles. The molecule has 0 bridgehead atoms. The van der Waals surface area contributed by atoms with Gasteiger partial charge in [-0.25, -0.2) is 4.39 Å². The summed E-state index contributed by atoms with van der Waals surface area (Å²) in [5, 5.41) is 11.7. The second-order valence-corrected chi connectivity index (χ2v) is 7.68. The predicted molar refractivity (Wildman–Crippen MR) is 111 cm³/mol. The zero-order chi connectivity index (χ0) is 21.1. The van der Waals surface area contributed by atoms with Gasteiger partial charge in [-0.2, -0.15) is 0 Å². The minimum absolute atomic E-state index is 0.0567. The van der Waals surface area contributed by atoms with Crippen molar-refractivity contribution in [1.82, 2.24) is 14.8 Å². The molecule has 0 aliphatic rings. The van der Waals surface area contributed by atoms with Gasteiger partial charge in [0.1, 0.15) is 17.3 Å². The first-order valence-corrected chi connectivity index (χ1v) is 10.3. The molecular formula is C20H16ClFN4O3S. The maximum Gasteiger partial charge on any atom is 0.234 e. The van der Waals surface area contributed by atoms with Crippen molar-refractivity contribution in [3.63, 3.8) is 0 Å². The van der Waals surface area contributed by atoms with Gasteiger partial charge in [-0.1, -0.05) is 23.4 Å². The zero-order valence-corrected chi connectivity index (χ0v) is 17.3. The largest absolute Gasteiger partial charge is 0.469 e. The number of rotatable bonds is 7. The van der Waals surface area contributed by atoms with Crippen LogP contribution in [0, 0.1) is 12.7 Å². The third-order valence-corrected chi connectivity index (χ3v) is 5.50. The Balaban J connectivity index is 1.52. The third kappa shape index (κ3) is 4.42. The van der Waals surface area contributed by atoms with Gasteiger partial charge in [-0.15, -0.1) is 10.2 Å². The van der Waals surface area contributed by atoms with Gasteiger partial charge >= 0.3 is 0 Å². The van der Waals surface area contributed by atoms with E-state index in [1.54, 1.807) is 18.6 Å². The van der Waals surface area contributed by atoms with E-state index in [2.05, 4.69) is 15.5 Å². The topological polar surface area (TPSA) is 86.1 Å². The van der Waals surface area contributed by atoms with Crippen LogP contribution in [0.4, 0.5) is 10.1 Å². The molecule has 0 unspecified atom stereocenters. The minimum atomic E-state index is -0.544. The van der Waals surface area contributed by atoms with Gasteiger partial charge in [0.2, 0.25) is 5.91 Å². The van der Waals surface area contributed by atoms with Crippen molar-refractivity contribution in [2.45, 2.75) is 18.6 Å². The Hall–Kier alpha value is -3.04. The van der Waals surface area contributed by atoms with Crippen LogP contribution in [-0.2, 0) is 11.3 Å². The van der Waals surface area contributed by atoms with Crippen LogP contribution in [0.3, 0.4) is 0 Å². The number of amides is 1. The molecule has 4 rings (SSSR count). The lowest BCUT2D eigenvalue weighted by Crippen LogP contribution is -2.15. The molecule has 0 saturated heterocycles. The highest BCUT2D eigenvalue weighted by atomic mass is 35.5. The van der Waals surface area contributed by atoms with Crippen molar-refractivity contribution in [2.24, 2.45) is 0 Å². The van der Waals surface area contributed by atoms with Crippen molar-refractivity contribution in [2.75, 3.05) is 11.1 Å². The molecule has 10 heteroatoms. The average Bonchev–Trinajstić information content (AvgIpc) is 3.46. The molecule has 0 aliphatic heterocycles. The van der Waals surface area contributed by atoms with E-state index >= 15 is 0 Å². The molecular weight excluding hydrogens is 431 g/mol. The maximum atomic E-state index is 13.3. The summed E-state index contributed by atoms with van der Waals surface area (Å²) in [5.41, 5.74) is 1.23. The Morgan fingerprint density at radius 2 is 2.10 bits per heavy atom. The number of aromatic nitrogens is 3. The normalized spacial score (nSPS) is 11.0. The quantitative estimate of drug-likeness (QED) is 0.401. The Bertz CT molecular complexity index is 1170. The lowest BCUT2D eigenvalue weighted by atomic mass is 10.2. The van der Waals surface area contributed by atoms with Gasteiger partial charge in [-0.3, -0.25) is 9.36 Å². The summed E-state index contributed by atoms with van der Waals surface area (Å²) in [6.07, 6.45) is 3.18.